The number of hydrogen-bond acceptors (Lipinski definition) is 4. The molecule has 0 spiro atoms. The molecule has 0 atom stereocenters. The summed E-state index contributed by atoms with van der Waals surface area (Å²) in [5.41, 5.74) is 1.61. The first-order chi connectivity index (χ1) is 13.0. The molecule has 0 bridgehead atoms. The third kappa shape index (κ3) is 3.90. The van der Waals surface area contributed by atoms with E-state index in [2.05, 4.69) is 0 Å². The van der Waals surface area contributed by atoms with Gasteiger partial charge in [0.25, 0.3) is 0 Å². The molecule has 3 aromatic rings. The highest BCUT2D eigenvalue weighted by atomic mass is 19.1. The molecule has 27 heavy (non-hydrogen) atoms. The van der Waals surface area contributed by atoms with Crippen LogP contribution in [-0.4, -0.2) is 29.9 Å². The minimum atomic E-state index is -0.676. The topological polar surface area (TPSA) is 57.5 Å². The van der Waals surface area contributed by atoms with Crippen LogP contribution >= 0.6 is 0 Å². The minimum absolute atomic E-state index is 0.192. The van der Waals surface area contributed by atoms with Gasteiger partial charge < -0.3 is 14.0 Å². The summed E-state index contributed by atoms with van der Waals surface area (Å²) < 4.78 is 26.5. The molecule has 0 saturated carbocycles. The quantitative estimate of drug-likeness (QED) is 0.448. The van der Waals surface area contributed by atoms with E-state index < -0.39 is 17.4 Å². The Bertz CT molecular complexity index is 979. The molecular formula is C21H20FNO4. The number of halogens is 1. The van der Waals surface area contributed by atoms with E-state index in [0.717, 1.165) is 5.56 Å². The molecule has 3 rings (SSSR count). The Kier molecular flexibility index (Phi) is 5.66. The summed E-state index contributed by atoms with van der Waals surface area (Å²) in [6.45, 7) is 2.30. The smallest absolute Gasteiger partial charge is 0.233 e. The van der Waals surface area contributed by atoms with Gasteiger partial charge in [-0.25, -0.2) is 4.39 Å². The SMILES string of the molecule is CCn1cc(C(=O)C(=O)COC)c2c(OCc3ccccc3)cc(F)cc21. The fraction of sp³-hybridized carbons (Fsp3) is 0.238. The molecule has 2 aromatic carbocycles. The predicted molar refractivity (Wildman–Crippen MR) is 99.6 cm³/mol. The summed E-state index contributed by atoms with van der Waals surface area (Å²) in [6.07, 6.45) is 1.56. The van der Waals surface area contributed by atoms with Crippen molar-refractivity contribution in [1.82, 2.24) is 4.57 Å². The fourth-order valence-electron chi connectivity index (χ4n) is 2.99. The number of carbonyl (C=O) groups is 2. The van der Waals surface area contributed by atoms with Crippen molar-refractivity contribution in [3.63, 3.8) is 0 Å². The van der Waals surface area contributed by atoms with E-state index >= 15 is 0 Å². The van der Waals surface area contributed by atoms with Crippen LogP contribution in [0.1, 0.15) is 22.8 Å². The zero-order valence-corrected chi connectivity index (χ0v) is 15.2. The van der Waals surface area contributed by atoms with E-state index in [-0.39, 0.29) is 24.5 Å². The van der Waals surface area contributed by atoms with Crippen LogP contribution in [0.5, 0.6) is 5.75 Å². The van der Waals surface area contributed by atoms with Crippen LogP contribution in [0, 0.1) is 5.82 Å². The lowest BCUT2D eigenvalue weighted by Gasteiger charge is -2.10. The summed E-state index contributed by atoms with van der Waals surface area (Å²) in [6, 6.07) is 12.0. The number of hydrogen-bond donors (Lipinski definition) is 0. The van der Waals surface area contributed by atoms with E-state index in [0.29, 0.717) is 17.4 Å². The molecule has 0 unspecified atom stereocenters. The standard InChI is InChI=1S/C21H20FNO4/c1-3-23-11-16(21(25)18(24)13-26-2)20-17(23)9-15(22)10-19(20)27-12-14-7-5-4-6-8-14/h4-11H,3,12-13H2,1-2H3. The molecule has 1 aromatic heterocycles. The molecule has 0 saturated heterocycles. The number of carbonyl (C=O) groups excluding carboxylic acids is 2. The van der Waals surface area contributed by atoms with Gasteiger partial charge in [0, 0.05) is 25.9 Å². The normalized spacial score (nSPS) is 10.9. The Balaban J connectivity index is 2.07. The Morgan fingerprint density at radius 3 is 2.56 bits per heavy atom. The lowest BCUT2D eigenvalue weighted by atomic mass is 10.1. The molecular weight excluding hydrogens is 349 g/mol. The molecule has 0 aliphatic heterocycles. The highest BCUT2D eigenvalue weighted by molar-refractivity contribution is 6.46. The molecule has 0 aliphatic carbocycles. The fourth-order valence-corrected chi connectivity index (χ4v) is 2.99. The van der Waals surface area contributed by atoms with E-state index in [1.165, 1.54) is 19.2 Å². The van der Waals surface area contributed by atoms with Crippen LogP contribution in [0.4, 0.5) is 4.39 Å². The molecule has 0 N–H and O–H groups in total. The van der Waals surface area contributed by atoms with E-state index in [1.807, 2.05) is 37.3 Å². The summed E-state index contributed by atoms with van der Waals surface area (Å²) in [4.78, 5) is 24.6. The lowest BCUT2D eigenvalue weighted by molar-refractivity contribution is -0.118. The first kappa shape index (κ1) is 18.8. The summed E-state index contributed by atoms with van der Waals surface area (Å²) >= 11 is 0. The van der Waals surface area contributed by atoms with Crippen LogP contribution in [-0.2, 0) is 22.7 Å². The van der Waals surface area contributed by atoms with Gasteiger partial charge in [-0.3, -0.25) is 9.59 Å². The maximum Gasteiger partial charge on any atom is 0.233 e. The zero-order chi connectivity index (χ0) is 19.4. The number of nitrogens with zero attached hydrogens (tertiary/aromatic N) is 1. The Morgan fingerprint density at radius 2 is 1.89 bits per heavy atom. The van der Waals surface area contributed by atoms with Crippen molar-refractivity contribution in [3.8, 4) is 5.75 Å². The van der Waals surface area contributed by atoms with Gasteiger partial charge in [-0.15, -0.1) is 0 Å². The molecule has 5 nitrogen and oxygen atoms in total. The van der Waals surface area contributed by atoms with Gasteiger partial charge >= 0.3 is 0 Å². The third-order valence-corrected chi connectivity index (χ3v) is 4.26. The van der Waals surface area contributed by atoms with Crippen molar-refractivity contribution < 1.29 is 23.5 Å². The third-order valence-electron chi connectivity index (χ3n) is 4.26. The van der Waals surface area contributed by atoms with Crippen LogP contribution in [0.3, 0.4) is 0 Å². The first-order valence-electron chi connectivity index (χ1n) is 8.60. The largest absolute Gasteiger partial charge is 0.488 e. The van der Waals surface area contributed by atoms with Gasteiger partial charge in [0.2, 0.25) is 11.6 Å². The van der Waals surface area contributed by atoms with Crippen molar-refractivity contribution in [1.29, 1.82) is 0 Å². The summed E-state index contributed by atoms with van der Waals surface area (Å²) in [7, 11) is 1.35. The maximum atomic E-state index is 14.2. The monoisotopic (exact) mass is 369 g/mol. The number of ketones is 2. The number of rotatable bonds is 8. The number of ether oxygens (including phenoxy) is 2. The molecule has 140 valence electrons. The average molecular weight is 369 g/mol. The second-order valence-electron chi connectivity index (χ2n) is 6.09. The summed E-state index contributed by atoms with van der Waals surface area (Å²) in [5.74, 6) is -1.58. The number of benzene rings is 2. The lowest BCUT2D eigenvalue weighted by Crippen LogP contribution is -2.19. The molecule has 0 aliphatic rings. The number of fused-ring (bicyclic) bond motifs is 1. The van der Waals surface area contributed by atoms with Crippen molar-refractivity contribution in [2.75, 3.05) is 13.7 Å². The second kappa shape index (κ2) is 8.14. The van der Waals surface area contributed by atoms with Crippen molar-refractivity contribution in [2.24, 2.45) is 0 Å². The first-order valence-corrected chi connectivity index (χ1v) is 8.60. The molecule has 0 fully saturated rings. The Labute approximate surface area is 156 Å². The van der Waals surface area contributed by atoms with Gasteiger partial charge in [0.1, 0.15) is 24.8 Å². The van der Waals surface area contributed by atoms with E-state index in [1.54, 1.807) is 10.8 Å². The number of Topliss-reactive ketones (excluding diaryl/α,β-unsaturated/α-hetero) is 2. The van der Waals surface area contributed by atoms with Crippen molar-refractivity contribution >= 4 is 22.5 Å². The number of aryl methyl sites for hydroxylation is 1. The predicted octanol–water partition coefficient (Wildman–Crippen LogP) is 3.78. The number of methoxy groups -OCH3 is 1. The molecule has 0 amide bonds. The number of aromatic nitrogens is 1. The van der Waals surface area contributed by atoms with Crippen molar-refractivity contribution in [2.45, 2.75) is 20.1 Å². The highest BCUT2D eigenvalue weighted by Gasteiger charge is 2.24. The van der Waals surface area contributed by atoms with E-state index in [9.17, 15) is 14.0 Å². The minimum Gasteiger partial charge on any atom is -0.488 e. The molecule has 6 heteroatoms. The summed E-state index contributed by atoms with van der Waals surface area (Å²) in [5, 5.41) is 0.434. The average Bonchev–Trinajstić information content (AvgIpc) is 3.05. The maximum absolute atomic E-state index is 14.2. The van der Waals surface area contributed by atoms with Gasteiger partial charge in [-0.1, -0.05) is 30.3 Å². The van der Waals surface area contributed by atoms with Gasteiger partial charge in [0.05, 0.1) is 16.5 Å². The Morgan fingerprint density at radius 1 is 1.15 bits per heavy atom. The van der Waals surface area contributed by atoms with Gasteiger partial charge in [-0.2, -0.15) is 0 Å². The van der Waals surface area contributed by atoms with Gasteiger partial charge in [-0.05, 0) is 18.6 Å². The zero-order valence-electron chi connectivity index (χ0n) is 15.2. The van der Waals surface area contributed by atoms with Crippen molar-refractivity contribution in [3.05, 3.63) is 65.6 Å². The molecule has 0 radical (unpaired) electrons. The van der Waals surface area contributed by atoms with Crippen LogP contribution in [0.2, 0.25) is 0 Å². The van der Waals surface area contributed by atoms with E-state index in [4.69, 9.17) is 9.47 Å². The van der Waals surface area contributed by atoms with Crippen LogP contribution in [0.15, 0.2) is 48.7 Å². The highest BCUT2D eigenvalue weighted by Crippen LogP contribution is 2.33. The van der Waals surface area contributed by atoms with Crippen LogP contribution in [0.25, 0.3) is 10.9 Å². The second-order valence-corrected chi connectivity index (χ2v) is 6.09. The Hall–Kier alpha value is -2.99. The van der Waals surface area contributed by atoms with Gasteiger partial charge in [0.15, 0.2) is 0 Å². The van der Waals surface area contributed by atoms with Crippen LogP contribution < -0.4 is 4.74 Å². The molecule has 1 heterocycles.